The van der Waals surface area contributed by atoms with Gasteiger partial charge in [-0.05, 0) is 25.7 Å². The van der Waals surface area contributed by atoms with E-state index in [-0.39, 0.29) is 17.9 Å². The molecule has 2 rings (SSSR count). The summed E-state index contributed by atoms with van der Waals surface area (Å²) in [5.74, 6) is -0.0182. The van der Waals surface area contributed by atoms with Crippen LogP contribution in [0.5, 0.6) is 0 Å². The minimum absolute atomic E-state index is 0.0705. The highest BCUT2D eigenvalue weighted by Gasteiger charge is 2.27. The van der Waals surface area contributed by atoms with Crippen molar-refractivity contribution < 1.29 is 14.7 Å². The quantitative estimate of drug-likeness (QED) is 0.453. The average molecular weight is 255 g/mol. The third-order valence-corrected chi connectivity index (χ3v) is 3.25. The van der Waals surface area contributed by atoms with Crippen LogP contribution in [0.3, 0.4) is 0 Å². The molecular weight excluding hydrogens is 234 g/mol. The van der Waals surface area contributed by atoms with Crippen molar-refractivity contribution in [1.82, 2.24) is 16.0 Å². The number of carbonyl (C=O) groups excluding carboxylic acids is 2. The van der Waals surface area contributed by atoms with Crippen LogP contribution in [0.4, 0.5) is 0 Å². The van der Waals surface area contributed by atoms with Gasteiger partial charge in [-0.15, -0.1) is 0 Å². The Labute approximate surface area is 107 Å². The first-order valence-corrected chi connectivity index (χ1v) is 6.63. The molecule has 4 N–H and O–H groups in total. The van der Waals surface area contributed by atoms with Crippen molar-refractivity contribution >= 4 is 11.8 Å². The molecule has 0 aromatic rings. The second-order valence-corrected chi connectivity index (χ2v) is 5.09. The topological polar surface area (TPSA) is 90.5 Å². The maximum atomic E-state index is 11.6. The summed E-state index contributed by atoms with van der Waals surface area (Å²) >= 11 is 0. The Balaban J connectivity index is 1.51. The maximum Gasteiger partial charge on any atom is 0.237 e. The first kappa shape index (κ1) is 13.3. The van der Waals surface area contributed by atoms with Crippen LogP contribution in [0, 0.1) is 0 Å². The molecule has 0 radical (unpaired) electrons. The van der Waals surface area contributed by atoms with Gasteiger partial charge in [0.2, 0.25) is 11.8 Å². The predicted molar refractivity (Wildman–Crippen MR) is 65.8 cm³/mol. The van der Waals surface area contributed by atoms with Gasteiger partial charge in [0.1, 0.15) is 0 Å². The van der Waals surface area contributed by atoms with Gasteiger partial charge in [0.25, 0.3) is 0 Å². The Morgan fingerprint density at radius 3 is 2.72 bits per heavy atom. The molecule has 0 bridgehead atoms. The summed E-state index contributed by atoms with van der Waals surface area (Å²) in [4.78, 5) is 23.0. The lowest BCUT2D eigenvalue weighted by molar-refractivity contribution is -0.124. The zero-order valence-corrected chi connectivity index (χ0v) is 10.4. The van der Waals surface area contributed by atoms with E-state index in [2.05, 4.69) is 16.0 Å². The van der Waals surface area contributed by atoms with Crippen molar-refractivity contribution in [2.45, 2.75) is 50.3 Å². The van der Waals surface area contributed by atoms with Crippen molar-refractivity contribution in [2.24, 2.45) is 0 Å². The van der Waals surface area contributed by atoms with Gasteiger partial charge in [0.05, 0.1) is 12.1 Å². The molecule has 1 aliphatic heterocycles. The molecule has 2 amide bonds. The number of carbonyl (C=O) groups is 2. The zero-order chi connectivity index (χ0) is 13.0. The van der Waals surface area contributed by atoms with E-state index in [0.717, 1.165) is 12.8 Å². The van der Waals surface area contributed by atoms with Gasteiger partial charge >= 0.3 is 0 Å². The third kappa shape index (κ3) is 4.27. The summed E-state index contributed by atoms with van der Waals surface area (Å²) in [6.45, 7) is 0.979. The fraction of sp³-hybridized carbons (Fsp3) is 0.833. The Bertz CT molecular complexity index is 318. The van der Waals surface area contributed by atoms with Crippen LogP contribution in [0.25, 0.3) is 0 Å². The lowest BCUT2D eigenvalue weighted by Crippen LogP contribution is -2.41. The van der Waals surface area contributed by atoms with Crippen LogP contribution in [-0.4, -0.2) is 48.2 Å². The number of amides is 2. The van der Waals surface area contributed by atoms with E-state index >= 15 is 0 Å². The predicted octanol–water partition coefficient (Wildman–Crippen LogP) is -1.12. The van der Waals surface area contributed by atoms with Gasteiger partial charge in [0.15, 0.2) is 0 Å². The van der Waals surface area contributed by atoms with E-state index in [9.17, 15) is 14.7 Å². The highest BCUT2D eigenvalue weighted by atomic mass is 16.3. The molecule has 0 aromatic carbocycles. The normalized spacial score (nSPS) is 26.9. The van der Waals surface area contributed by atoms with E-state index in [0.29, 0.717) is 38.4 Å². The standard InChI is InChI=1S/C12H21N3O3/c16-9-6-10(14-7-9)12(18)13-5-1-2-11(17)15-8-3-4-8/h8-10,14,16H,1-7H2,(H,13,18)(H,15,17). The highest BCUT2D eigenvalue weighted by molar-refractivity contribution is 5.82. The van der Waals surface area contributed by atoms with Crippen LogP contribution in [0.2, 0.25) is 0 Å². The number of aliphatic hydroxyl groups is 1. The van der Waals surface area contributed by atoms with Gasteiger partial charge in [-0.2, -0.15) is 0 Å². The van der Waals surface area contributed by atoms with Crippen molar-refractivity contribution in [3.63, 3.8) is 0 Å². The number of β-amino-alcohol motifs (C(OH)–C–C–N with tert-alkyl or cyclic N) is 1. The van der Waals surface area contributed by atoms with Gasteiger partial charge in [-0.1, -0.05) is 0 Å². The molecule has 18 heavy (non-hydrogen) atoms. The van der Waals surface area contributed by atoms with E-state index in [4.69, 9.17) is 0 Å². The lowest BCUT2D eigenvalue weighted by Gasteiger charge is -2.10. The minimum atomic E-state index is -0.426. The SMILES string of the molecule is O=C(CCCNC(=O)C1CC(O)CN1)NC1CC1. The van der Waals surface area contributed by atoms with E-state index in [1.807, 2.05) is 0 Å². The fourth-order valence-electron chi connectivity index (χ4n) is 2.03. The molecule has 2 aliphatic rings. The Kier molecular flexibility index (Phi) is 4.54. The van der Waals surface area contributed by atoms with Crippen molar-refractivity contribution in [3.05, 3.63) is 0 Å². The Hall–Kier alpha value is -1.14. The van der Waals surface area contributed by atoms with Crippen LogP contribution in [-0.2, 0) is 9.59 Å². The number of aliphatic hydroxyl groups excluding tert-OH is 1. The van der Waals surface area contributed by atoms with E-state index in [1.54, 1.807) is 0 Å². The van der Waals surface area contributed by atoms with Gasteiger partial charge in [-0.3, -0.25) is 9.59 Å². The molecule has 1 aliphatic carbocycles. The third-order valence-electron chi connectivity index (χ3n) is 3.25. The smallest absolute Gasteiger partial charge is 0.237 e. The van der Waals surface area contributed by atoms with Crippen LogP contribution in [0.1, 0.15) is 32.1 Å². The average Bonchev–Trinajstić information content (AvgIpc) is 3.03. The molecule has 6 heteroatoms. The zero-order valence-electron chi connectivity index (χ0n) is 10.4. The van der Waals surface area contributed by atoms with E-state index in [1.165, 1.54) is 0 Å². The summed E-state index contributed by atoms with van der Waals surface area (Å²) in [5, 5.41) is 17.9. The number of hydrogen-bond acceptors (Lipinski definition) is 4. The summed E-state index contributed by atoms with van der Waals surface area (Å²) in [6, 6.07) is 0.108. The molecule has 6 nitrogen and oxygen atoms in total. The molecule has 0 aromatic heterocycles. The Morgan fingerprint density at radius 1 is 1.33 bits per heavy atom. The molecule has 2 atom stereocenters. The van der Waals surface area contributed by atoms with Gasteiger partial charge in [0, 0.05) is 25.6 Å². The number of rotatable bonds is 6. The molecule has 2 fully saturated rings. The molecule has 1 saturated heterocycles. The second kappa shape index (κ2) is 6.15. The summed E-state index contributed by atoms with van der Waals surface area (Å²) in [6.07, 6.45) is 3.34. The Morgan fingerprint density at radius 2 is 2.11 bits per heavy atom. The van der Waals surface area contributed by atoms with Crippen LogP contribution in [0.15, 0.2) is 0 Å². The second-order valence-electron chi connectivity index (χ2n) is 5.09. The summed E-state index contributed by atoms with van der Waals surface area (Å²) in [7, 11) is 0. The molecule has 0 spiro atoms. The van der Waals surface area contributed by atoms with Crippen molar-refractivity contribution in [2.75, 3.05) is 13.1 Å². The fourth-order valence-corrected chi connectivity index (χ4v) is 2.03. The highest BCUT2D eigenvalue weighted by Crippen LogP contribution is 2.18. The van der Waals surface area contributed by atoms with Crippen molar-refractivity contribution in [1.29, 1.82) is 0 Å². The van der Waals surface area contributed by atoms with Crippen LogP contribution >= 0.6 is 0 Å². The summed E-state index contributed by atoms with van der Waals surface area (Å²) < 4.78 is 0. The molecule has 1 saturated carbocycles. The molecule has 102 valence electrons. The van der Waals surface area contributed by atoms with Crippen molar-refractivity contribution in [3.8, 4) is 0 Å². The van der Waals surface area contributed by atoms with Gasteiger partial charge < -0.3 is 21.1 Å². The molecule has 2 unspecified atom stereocenters. The van der Waals surface area contributed by atoms with Gasteiger partial charge in [-0.25, -0.2) is 0 Å². The largest absolute Gasteiger partial charge is 0.392 e. The summed E-state index contributed by atoms with van der Waals surface area (Å²) in [5.41, 5.74) is 0. The molecular formula is C12H21N3O3. The molecule has 1 heterocycles. The monoisotopic (exact) mass is 255 g/mol. The first-order chi connectivity index (χ1) is 8.65. The lowest BCUT2D eigenvalue weighted by atomic mass is 10.2. The number of nitrogens with one attached hydrogen (secondary N) is 3. The first-order valence-electron chi connectivity index (χ1n) is 6.63. The minimum Gasteiger partial charge on any atom is -0.392 e. The van der Waals surface area contributed by atoms with Crippen LogP contribution < -0.4 is 16.0 Å². The van der Waals surface area contributed by atoms with E-state index < -0.39 is 6.10 Å². The number of hydrogen-bond donors (Lipinski definition) is 4. The maximum absolute atomic E-state index is 11.6.